The van der Waals surface area contributed by atoms with Crippen LogP contribution >= 0.6 is 0 Å². The van der Waals surface area contributed by atoms with E-state index in [-0.39, 0.29) is 61.9 Å². The van der Waals surface area contributed by atoms with Gasteiger partial charge in [-0.1, -0.05) is 24.3 Å². The molecule has 2 saturated carbocycles. The third-order valence-corrected chi connectivity index (χ3v) is 9.18. The molecule has 4 heterocycles. The van der Waals surface area contributed by atoms with E-state index in [2.05, 4.69) is 52.7 Å². The number of rotatable bonds is 13. The molecule has 0 bridgehead atoms. The first-order valence-corrected chi connectivity index (χ1v) is 16.6. The van der Waals surface area contributed by atoms with Gasteiger partial charge in [-0.2, -0.15) is 19.9 Å². The van der Waals surface area contributed by atoms with Crippen molar-refractivity contribution >= 4 is 57.8 Å². The van der Waals surface area contributed by atoms with Crippen LogP contribution < -0.4 is 22.1 Å². The normalized spacial score (nSPS) is 23.2. The van der Waals surface area contributed by atoms with E-state index in [1.165, 1.54) is 0 Å². The van der Waals surface area contributed by atoms with Crippen LogP contribution in [0, 0.1) is 11.8 Å². The van der Waals surface area contributed by atoms with E-state index in [4.69, 9.17) is 20.9 Å². The van der Waals surface area contributed by atoms with Crippen LogP contribution in [0.4, 0.5) is 23.5 Å². The molecule has 8 rings (SSSR count). The van der Waals surface area contributed by atoms with Crippen molar-refractivity contribution in [2.75, 3.05) is 35.3 Å². The van der Waals surface area contributed by atoms with Crippen LogP contribution in [-0.2, 0) is 19.1 Å². The molecule has 6 N–H and O–H groups in total. The molecule has 0 radical (unpaired) electrons. The fraction of sp³-hybridized carbons (Fsp3) is 0.500. The molecule has 16 heteroatoms. The molecule has 4 aliphatic carbocycles. The van der Waals surface area contributed by atoms with Gasteiger partial charge in [0.25, 0.3) is 0 Å². The standard InChI is InChI=1S/C32H38N12O4/c33-31-39-27(37-19-3-4-19)25-29(41-31)43(15-35-25)21-7-1-17(11-21)13-47-23(45)9-10-24(46)48-14-18-2-8-22(12-18)44-16-36-26-28(38-20-5-6-20)40-32(34)42-30(26)44/h1-2,7-8,15-22H,3-6,9-14H2,(H3,33,37,39,41)(H3,34,38,40,42)/t17-,18-,21+,22+/m0/s1. The second-order valence-electron chi connectivity index (χ2n) is 13.1. The number of hydrogen-bond acceptors (Lipinski definition) is 14. The summed E-state index contributed by atoms with van der Waals surface area (Å²) in [5.74, 6) is 0.915. The van der Waals surface area contributed by atoms with Crippen molar-refractivity contribution < 1.29 is 19.1 Å². The summed E-state index contributed by atoms with van der Waals surface area (Å²) >= 11 is 0. The predicted molar refractivity (Wildman–Crippen MR) is 176 cm³/mol. The minimum atomic E-state index is -0.433. The first-order valence-electron chi connectivity index (χ1n) is 16.6. The lowest BCUT2D eigenvalue weighted by Gasteiger charge is -2.15. The number of nitrogens with one attached hydrogen (secondary N) is 2. The quantitative estimate of drug-likeness (QED) is 0.120. The molecule has 4 atom stereocenters. The van der Waals surface area contributed by atoms with Crippen molar-refractivity contribution in [3.8, 4) is 0 Å². The Morgan fingerprint density at radius 3 is 1.54 bits per heavy atom. The fourth-order valence-corrected chi connectivity index (χ4v) is 6.31. The van der Waals surface area contributed by atoms with Gasteiger partial charge in [0.15, 0.2) is 34.0 Å². The molecule has 4 aliphatic rings. The highest BCUT2D eigenvalue weighted by molar-refractivity contribution is 5.85. The van der Waals surface area contributed by atoms with Crippen molar-refractivity contribution in [1.29, 1.82) is 0 Å². The van der Waals surface area contributed by atoms with Gasteiger partial charge in [-0.15, -0.1) is 0 Å². The largest absolute Gasteiger partial charge is 0.465 e. The molecule has 16 nitrogen and oxygen atoms in total. The summed E-state index contributed by atoms with van der Waals surface area (Å²) in [6, 6.07) is 0.822. The maximum absolute atomic E-state index is 12.5. The van der Waals surface area contributed by atoms with Gasteiger partial charge in [0, 0.05) is 23.9 Å². The van der Waals surface area contributed by atoms with Crippen LogP contribution in [0.5, 0.6) is 0 Å². The Bertz CT molecular complexity index is 1790. The molecule has 0 spiro atoms. The molecule has 250 valence electrons. The first-order chi connectivity index (χ1) is 23.4. The second-order valence-corrected chi connectivity index (χ2v) is 13.1. The number of aromatic nitrogens is 8. The zero-order valence-corrected chi connectivity index (χ0v) is 26.4. The van der Waals surface area contributed by atoms with E-state index in [1.54, 1.807) is 12.7 Å². The topological polar surface area (TPSA) is 216 Å². The molecule has 0 unspecified atom stereocenters. The summed E-state index contributed by atoms with van der Waals surface area (Å²) in [4.78, 5) is 51.6. The number of carbonyl (C=O) groups is 2. The Hall–Kier alpha value is -5.28. The Morgan fingerprint density at radius 1 is 0.688 bits per heavy atom. The molecule has 0 aromatic carbocycles. The van der Waals surface area contributed by atoms with Gasteiger partial charge < -0.3 is 40.7 Å². The lowest BCUT2D eigenvalue weighted by molar-refractivity contribution is -0.151. The van der Waals surface area contributed by atoms with Crippen LogP contribution in [0.3, 0.4) is 0 Å². The zero-order valence-electron chi connectivity index (χ0n) is 26.4. The highest BCUT2D eigenvalue weighted by atomic mass is 16.5. The molecule has 0 saturated heterocycles. The van der Waals surface area contributed by atoms with Crippen LogP contribution in [0.25, 0.3) is 22.3 Å². The van der Waals surface area contributed by atoms with Gasteiger partial charge in [0.2, 0.25) is 11.9 Å². The molecule has 2 fully saturated rings. The van der Waals surface area contributed by atoms with Crippen molar-refractivity contribution in [2.45, 2.75) is 75.5 Å². The maximum atomic E-state index is 12.5. The van der Waals surface area contributed by atoms with Crippen molar-refractivity contribution in [3.05, 3.63) is 37.0 Å². The number of nitrogen functional groups attached to an aromatic ring is 2. The van der Waals surface area contributed by atoms with E-state index >= 15 is 0 Å². The van der Waals surface area contributed by atoms with Gasteiger partial charge in [-0.05, 0) is 38.5 Å². The Labute approximate surface area is 275 Å². The highest BCUT2D eigenvalue weighted by Gasteiger charge is 2.29. The van der Waals surface area contributed by atoms with Gasteiger partial charge in [0.05, 0.1) is 50.8 Å². The van der Waals surface area contributed by atoms with Crippen molar-refractivity contribution in [2.24, 2.45) is 11.8 Å². The number of esters is 2. The second kappa shape index (κ2) is 12.4. The molecule has 48 heavy (non-hydrogen) atoms. The van der Waals surface area contributed by atoms with E-state index in [9.17, 15) is 9.59 Å². The number of nitrogens with zero attached hydrogens (tertiary/aromatic N) is 8. The minimum Gasteiger partial charge on any atom is -0.465 e. The SMILES string of the molecule is Nc1nc(NC2CC2)c2ncn([C@@H]3C=C[C@H](COC(=O)CCC(=O)OC[C@H]4C=C[C@@H](n5cnc6c(NC7CC7)nc(N)nc65)C4)C3)c2n1. The highest BCUT2D eigenvalue weighted by Crippen LogP contribution is 2.35. The van der Waals surface area contributed by atoms with E-state index in [0.717, 1.165) is 38.5 Å². The number of allylic oxidation sites excluding steroid dienone is 2. The first kappa shape index (κ1) is 30.1. The number of nitrogens with two attached hydrogens (primary N) is 2. The van der Waals surface area contributed by atoms with Crippen molar-refractivity contribution in [3.63, 3.8) is 0 Å². The third-order valence-electron chi connectivity index (χ3n) is 9.18. The number of hydrogen-bond donors (Lipinski definition) is 4. The number of ether oxygens (including phenoxy) is 2. The van der Waals surface area contributed by atoms with Crippen LogP contribution in [0.15, 0.2) is 37.0 Å². The van der Waals surface area contributed by atoms with E-state index < -0.39 is 11.9 Å². The maximum Gasteiger partial charge on any atom is 0.306 e. The van der Waals surface area contributed by atoms with Gasteiger partial charge in [-0.3, -0.25) is 9.59 Å². The van der Waals surface area contributed by atoms with Gasteiger partial charge in [0.1, 0.15) is 0 Å². The average Bonchev–Trinajstić information content (AvgIpc) is 3.80. The predicted octanol–water partition coefficient (Wildman–Crippen LogP) is 3.08. The molecular formula is C32H38N12O4. The Kier molecular flexibility index (Phi) is 7.76. The zero-order chi connectivity index (χ0) is 32.8. The molecule has 0 aliphatic heterocycles. The Balaban J connectivity index is 0.766. The summed E-state index contributed by atoms with van der Waals surface area (Å²) in [5.41, 5.74) is 14.7. The summed E-state index contributed by atoms with van der Waals surface area (Å²) in [6.45, 7) is 0.454. The smallest absolute Gasteiger partial charge is 0.306 e. The van der Waals surface area contributed by atoms with E-state index in [1.807, 2.05) is 21.3 Å². The Morgan fingerprint density at radius 2 is 1.12 bits per heavy atom. The van der Waals surface area contributed by atoms with Crippen LogP contribution in [-0.4, -0.2) is 76.3 Å². The molecule has 4 aromatic rings. The lowest BCUT2D eigenvalue weighted by Crippen LogP contribution is -2.17. The molecule has 4 aromatic heterocycles. The third kappa shape index (κ3) is 6.46. The van der Waals surface area contributed by atoms with Gasteiger partial charge in [-0.25, -0.2) is 9.97 Å². The number of anilines is 4. The average molecular weight is 655 g/mol. The van der Waals surface area contributed by atoms with E-state index in [0.29, 0.717) is 46.0 Å². The summed E-state index contributed by atoms with van der Waals surface area (Å²) in [5, 5.41) is 6.76. The monoisotopic (exact) mass is 654 g/mol. The fourth-order valence-electron chi connectivity index (χ4n) is 6.31. The number of imidazole rings is 2. The molecule has 0 amide bonds. The lowest BCUT2D eigenvalue weighted by atomic mass is 10.1. The van der Waals surface area contributed by atoms with Crippen LogP contribution in [0.2, 0.25) is 0 Å². The molecular weight excluding hydrogens is 616 g/mol. The van der Waals surface area contributed by atoms with Gasteiger partial charge >= 0.3 is 11.9 Å². The summed E-state index contributed by atoms with van der Waals surface area (Å²) < 4.78 is 15.0. The summed E-state index contributed by atoms with van der Waals surface area (Å²) in [7, 11) is 0. The van der Waals surface area contributed by atoms with Crippen LogP contribution in [0.1, 0.15) is 63.5 Å². The minimum absolute atomic E-state index is 0.00157. The number of fused-ring (bicyclic) bond motifs is 2. The van der Waals surface area contributed by atoms with Crippen molar-refractivity contribution in [1.82, 2.24) is 39.0 Å². The number of carbonyl (C=O) groups excluding carboxylic acids is 2. The summed E-state index contributed by atoms with van der Waals surface area (Å²) in [6.07, 6.45) is 17.5.